The number of alkyl halides is 3. The number of benzene rings is 2. The molecule has 3 heterocycles. The van der Waals surface area contributed by atoms with Gasteiger partial charge in [-0.1, -0.05) is 62.4 Å². The molecule has 206 valence electrons. The van der Waals surface area contributed by atoms with Crippen molar-refractivity contribution in [1.82, 2.24) is 24.5 Å². The van der Waals surface area contributed by atoms with Crippen molar-refractivity contribution in [2.45, 2.75) is 52.4 Å². The van der Waals surface area contributed by atoms with Gasteiger partial charge >= 0.3 is 6.18 Å². The fourth-order valence-electron chi connectivity index (χ4n) is 4.59. The van der Waals surface area contributed by atoms with E-state index in [2.05, 4.69) is 35.2 Å². The minimum Gasteiger partial charge on any atom is -0.384 e. The summed E-state index contributed by atoms with van der Waals surface area (Å²) in [5.41, 5.74) is 9.34. The summed E-state index contributed by atoms with van der Waals surface area (Å²) in [5, 5.41) is 4.13. The number of imidazole rings is 1. The molecule has 0 amide bonds. The van der Waals surface area contributed by atoms with Gasteiger partial charge in [0, 0.05) is 42.2 Å². The Morgan fingerprint density at radius 1 is 0.950 bits per heavy atom. The van der Waals surface area contributed by atoms with Crippen LogP contribution < -0.4 is 11.1 Å². The van der Waals surface area contributed by atoms with E-state index in [1.165, 1.54) is 0 Å². The maximum absolute atomic E-state index is 13.3. The van der Waals surface area contributed by atoms with Gasteiger partial charge in [-0.15, -0.1) is 0 Å². The normalized spacial score (nSPS) is 12.0. The fraction of sp³-hybridized carbons (Fsp3) is 0.267. The van der Waals surface area contributed by atoms with Crippen LogP contribution in [-0.4, -0.2) is 24.5 Å². The number of halogens is 3. The molecular weight excluding hydrogens is 515 g/mol. The van der Waals surface area contributed by atoms with E-state index in [1.807, 2.05) is 44.2 Å². The molecular formula is C30H30F3N7. The number of anilines is 2. The maximum atomic E-state index is 13.3. The summed E-state index contributed by atoms with van der Waals surface area (Å²) in [5.74, 6) is 2.12. The highest BCUT2D eigenvalue weighted by Crippen LogP contribution is 2.33. The van der Waals surface area contributed by atoms with E-state index in [0.29, 0.717) is 35.1 Å². The lowest BCUT2D eigenvalue weighted by Crippen LogP contribution is -2.06. The Morgan fingerprint density at radius 2 is 1.68 bits per heavy atom. The molecule has 10 heteroatoms. The highest BCUT2D eigenvalue weighted by molar-refractivity contribution is 5.91. The lowest BCUT2D eigenvalue weighted by molar-refractivity contribution is -0.140. The molecule has 7 nitrogen and oxygen atoms in total. The lowest BCUT2D eigenvalue weighted by Gasteiger charge is -2.15. The first-order valence-electron chi connectivity index (χ1n) is 13.0. The molecule has 0 bridgehead atoms. The van der Waals surface area contributed by atoms with Crippen LogP contribution in [0.15, 0.2) is 67.0 Å². The third-order valence-electron chi connectivity index (χ3n) is 6.68. The van der Waals surface area contributed by atoms with Gasteiger partial charge in [-0.3, -0.25) is 0 Å². The standard InChI is InChI=1S/C30H30F3N7/c1-17(2)21-7-5-6-8-22(21)28-37-24-13-26(34)35-15-23(24)27(39-28)36-14-19-9-11-20(12-10-19)29-38-25(30(31,32)33)16-40(29)18(3)4/h5-13,15-18H,14H2,1-4H3,(H2,34,35)(H,36,37,39). The summed E-state index contributed by atoms with van der Waals surface area (Å²) in [6.07, 6.45) is -1.79. The van der Waals surface area contributed by atoms with Gasteiger partial charge in [-0.25, -0.2) is 19.9 Å². The molecule has 0 atom stereocenters. The summed E-state index contributed by atoms with van der Waals surface area (Å²) in [4.78, 5) is 17.8. The van der Waals surface area contributed by atoms with Crippen LogP contribution in [-0.2, 0) is 12.7 Å². The highest BCUT2D eigenvalue weighted by atomic mass is 19.4. The number of hydrogen-bond donors (Lipinski definition) is 2. The van der Waals surface area contributed by atoms with E-state index in [1.54, 1.807) is 29.0 Å². The van der Waals surface area contributed by atoms with E-state index >= 15 is 0 Å². The summed E-state index contributed by atoms with van der Waals surface area (Å²) >= 11 is 0. The van der Waals surface area contributed by atoms with Crippen molar-refractivity contribution < 1.29 is 13.2 Å². The zero-order valence-electron chi connectivity index (χ0n) is 22.7. The van der Waals surface area contributed by atoms with Crippen molar-refractivity contribution in [2.24, 2.45) is 0 Å². The van der Waals surface area contributed by atoms with Crippen molar-refractivity contribution in [2.75, 3.05) is 11.1 Å². The number of aromatic nitrogens is 5. The van der Waals surface area contributed by atoms with Gasteiger partial charge in [0.15, 0.2) is 11.5 Å². The van der Waals surface area contributed by atoms with Crippen molar-refractivity contribution in [3.8, 4) is 22.8 Å². The molecule has 0 spiro atoms. The molecule has 5 rings (SSSR count). The quantitative estimate of drug-likeness (QED) is 0.220. The average Bonchev–Trinajstić information content (AvgIpc) is 3.38. The Balaban J connectivity index is 1.46. The molecule has 0 saturated carbocycles. The van der Waals surface area contributed by atoms with Gasteiger partial charge in [0.1, 0.15) is 17.5 Å². The summed E-state index contributed by atoms with van der Waals surface area (Å²) in [6.45, 7) is 8.33. The third kappa shape index (κ3) is 5.47. The number of rotatable bonds is 7. The molecule has 5 aromatic rings. The monoisotopic (exact) mass is 545 g/mol. The van der Waals surface area contributed by atoms with Gasteiger partial charge in [-0.05, 0) is 30.9 Å². The van der Waals surface area contributed by atoms with Crippen LogP contribution in [0.25, 0.3) is 33.7 Å². The number of pyridine rings is 1. The van der Waals surface area contributed by atoms with Crippen LogP contribution in [0.5, 0.6) is 0 Å². The van der Waals surface area contributed by atoms with E-state index in [-0.39, 0.29) is 17.8 Å². The zero-order chi connectivity index (χ0) is 28.6. The molecule has 2 aromatic carbocycles. The summed E-state index contributed by atoms with van der Waals surface area (Å²) in [6, 6.07) is 16.9. The van der Waals surface area contributed by atoms with Crippen LogP contribution in [0.3, 0.4) is 0 Å². The Labute approximate surface area is 230 Å². The molecule has 3 N–H and O–H groups in total. The second kappa shape index (κ2) is 10.6. The number of nitrogens with two attached hydrogens (primary N) is 1. The van der Waals surface area contributed by atoms with Gasteiger partial charge in [0.2, 0.25) is 0 Å². The molecule has 0 radical (unpaired) electrons. The van der Waals surface area contributed by atoms with Crippen molar-refractivity contribution >= 4 is 22.5 Å². The van der Waals surface area contributed by atoms with E-state index in [4.69, 9.17) is 15.7 Å². The minimum atomic E-state index is -4.51. The van der Waals surface area contributed by atoms with Crippen LogP contribution in [0.2, 0.25) is 0 Å². The summed E-state index contributed by atoms with van der Waals surface area (Å²) < 4.78 is 41.5. The van der Waals surface area contributed by atoms with Crippen LogP contribution in [0.4, 0.5) is 24.8 Å². The molecule has 0 unspecified atom stereocenters. The smallest absolute Gasteiger partial charge is 0.384 e. The molecule has 0 aliphatic rings. The largest absolute Gasteiger partial charge is 0.434 e. The van der Waals surface area contributed by atoms with Gasteiger partial charge < -0.3 is 15.6 Å². The predicted molar refractivity (Wildman–Crippen MR) is 152 cm³/mol. The third-order valence-corrected chi connectivity index (χ3v) is 6.68. The maximum Gasteiger partial charge on any atom is 0.434 e. The van der Waals surface area contributed by atoms with E-state index in [9.17, 15) is 13.2 Å². The summed E-state index contributed by atoms with van der Waals surface area (Å²) in [7, 11) is 0. The first-order chi connectivity index (χ1) is 19.0. The molecule has 40 heavy (non-hydrogen) atoms. The number of fused-ring (bicyclic) bond motifs is 1. The highest BCUT2D eigenvalue weighted by Gasteiger charge is 2.35. The molecule has 0 aliphatic heterocycles. The Hall–Kier alpha value is -4.47. The van der Waals surface area contributed by atoms with E-state index < -0.39 is 11.9 Å². The molecule has 0 saturated heterocycles. The average molecular weight is 546 g/mol. The topological polar surface area (TPSA) is 94.5 Å². The fourth-order valence-corrected chi connectivity index (χ4v) is 4.59. The van der Waals surface area contributed by atoms with Gasteiger partial charge in [-0.2, -0.15) is 13.2 Å². The second-order valence-electron chi connectivity index (χ2n) is 10.3. The minimum absolute atomic E-state index is 0.177. The van der Waals surface area contributed by atoms with Crippen LogP contribution in [0, 0.1) is 0 Å². The number of nitrogen functional groups attached to an aromatic ring is 1. The molecule has 0 aliphatic carbocycles. The Bertz CT molecular complexity index is 1660. The van der Waals surface area contributed by atoms with Crippen LogP contribution >= 0.6 is 0 Å². The number of nitrogens with one attached hydrogen (secondary N) is 1. The lowest BCUT2D eigenvalue weighted by atomic mass is 9.97. The van der Waals surface area contributed by atoms with E-state index in [0.717, 1.165) is 28.3 Å². The first-order valence-corrected chi connectivity index (χ1v) is 13.0. The molecule has 0 fully saturated rings. The van der Waals surface area contributed by atoms with Crippen LogP contribution in [0.1, 0.15) is 56.5 Å². The second-order valence-corrected chi connectivity index (χ2v) is 10.3. The van der Waals surface area contributed by atoms with Gasteiger partial charge in [0.25, 0.3) is 0 Å². The van der Waals surface area contributed by atoms with Gasteiger partial charge in [0.05, 0.1) is 10.9 Å². The Kier molecular flexibility index (Phi) is 7.18. The zero-order valence-corrected chi connectivity index (χ0v) is 22.7. The van der Waals surface area contributed by atoms with Crippen molar-refractivity contribution in [3.63, 3.8) is 0 Å². The number of hydrogen-bond acceptors (Lipinski definition) is 6. The van der Waals surface area contributed by atoms with Crippen molar-refractivity contribution in [3.05, 3.63) is 83.8 Å². The SMILES string of the molecule is CC(C)c1ccccc1-c1nc(NCc2ccc(-c3nc(C(F)(F)F)cn3C(C)C)cc2)c2cnc(N)cc2n1. The molecule has 3 aromatic heterocycles. The first kappa shape index (κ1) is 27.1. The van der Waals surface area contributed by atoms with Crippen molar-refractivity contribution in [1.29, 1.82) is 0 Å². The predicted octanol–water partition coefficient (Wildman–Crippen LogP) is 7.47. The Morgan fingerprint density at radius 3 is 2.35 bits per heavy atom. The number of nitrogens with zero attached hydrogens (tertiary/aromatic N) is 5.